The molecule has 2 aromatic rings. The number of nitrogens with zero attached hydrogens (tertiary/aromatic N) is 1. The van der Waals surface area contributed by atoms with Crippen LogP contribution in [-0.4, -0.2) is 21.0 Å². The van der Waals surface area contributed by atoms with Gasteiger partial charge in [0.15, 0.2) is 13.9 Å². The number of halogens is 4. The van der Waals surface area contributed by atoms with Crippen LogP contribution in [0.1, 0.15) is 11.1 Å². The van der Waals surface area contributed by atoms with E-state index < -0.39 is 25.9 Å². The van der Waals surface area contributed by atoms with E-state index in [1.165, 1.54) is 12.1 Å². The Morgan fingerprint density at radius 3 is 2.31 bits per heavy atom. The first-order valence-electron chi connectivity index (χ1n) is 8.38. The normalized spacial score (nSPS) is 20.3. The van der Waals surface area contributed by atoms with Crippen molar-refractivity contribution in [2.24, 2.45) is 0 Å². The van der Waals surface area contributed by atoms with Gasteiger partial charge in [0, 0.05) is 17.8 Å². The third-order valence-corrected chi connectivity index (χ3v) is 5.26. The fourth-order valence-corrected chi connectivity index (χ4v) is 4.74. The predicted molar refractivity (Wildman–Crippen MR) is 96.1 cm³/mol. The van der Waals surface area contributed by atoms with E-state index in [4.69, 9.17) is 4.43 Å². The van der Waals surface area contributed by atoms with E-state index in [1.807, 2.05) is 30.3 Å². The van der Waals surface area contributed by atoms with Gasteiger partial charge < -0.3 is 9.33 Å². The smallest absolute Gasteiger partial charge is 0.399 e. The lowest BCUT2D eigenvalue weighted by atomic mass is 9.95. The van der Waals surface area contributed by atoms with Crippen molar-refractivity contribution in [1.82, 2.24) is 0 Å². The molecule has 0 aliphatic carbocycles. The molecule has 0 saturated heterocycles. The highest BCUT2D eigenvalue weighted by Crippen LogP contribution is 2.52. The highest BCUT2D eigenvalue weighted by atomic mass is 28.4. The Balaban J connectivity index is 2.10. The lowest BCUT2D eigenvalue weighted by Gasteiger charge is -2.38. The maximum atomic E-state index is 14.2. The van der Waals surface area contributed by atoms with E-state index in [0.29, 0.717) is 12.2 Å². The van der Waals surface area contributed by atoms with Gasteiger partial charge in [0.1, 0.15) is 5.82 Å². The van der Waals surface area contributed by atoms with Gasteiger partial charge in [-0.2, -0.15) is 13.2 Å². The Kier molecular flexibility index (Phi) is 4.65. The van der Waals surface area contributed by atoms with Gasteiger partial charge >= 0.3 is 6.18 Å². The largest absolute Gasteiger partial charge is 0.422 e. The third-order valence-electron chi connectivity index (χ3n) is 4.30. The van der Waals surface area contributed by atoms with Gasteiger partial charge in [0.05, 0.1) is 6.54 Å². The highest BCUT2D eigenvalue weighted by molar-refractivity contribution is 6.69. The van der Waals surface area contributed by atoms with Gasteiger partial charge in [0.2, 0.25) is 0 Å². The molecule has 0 aromatic heterocycles. The molecule has 26 heavy (non-hydrogen) atoms. The van der Waals surface area contributed by atoms with Gasteiger partial charge in [-0.15, -0.1) is 0 Å². The highest BCUT2D eigenvalue weighted by Gasteiger charge is 2.63. The molecule has 7 heteroatoms. The van der Waals surface area contributed by atoms with Gasteiger partial charge in [-0.3, -0.25) is 0 Å². The van der Waals surface area contributed by atoms with Crippen LogP contribution in [-0.2, 0) is 16.6 Å². The van der Waals surface area contributed by atoms with Crippen LogP contribution in [0.5, 0.6) is 0 Å². The minimum atomic E-state index is -4.65. The summed E-state index contributed by atoms with van der Waals surface area (Å²) in [6, 6.07) is 12.8. The third kappa shape index (κ3) is 3.50. The van der Waals surface area contributed by atoms with Crippen LogP contribution in [0.2, 0.25) is 19.6 Å². The molecule has 0 bridgehead atoms. The minimum Gasteiger partial charge on any atom is -0.399 e. The van der Waals surface area contributed by atoms with Crippen LogP contribution in [0.4, 0.5) is 23.2 Å². The summed E-state index contributed by atoms with van der Waals surface area (Å²) in [5, 5.41) is 0. The minimum absolute atomic E-state index is 0.136. The van der Waals surface area contributed by atoms with E-state index in [2.05, 4.69) is 0 Å². The number of hydrogen-bond donors (Lipinski definition) is 0. The second kappa shape index (κ2) is 6.39. The Morgan fingerprint density at radius 2 is 1.73 bits per heavy atom. The van der Waals surface area contributed by atoms with Crippen molar-refractivity contribution < 1.29 is 22.0 Å². The van der Waals surface area contributed by atoms with Crippen molar-refractivity contribution >= 4 is 14.0 Å². The van der Waals surface area contributed by atoms with Crippen molar-refractivity contribution in [2.75, 3.05) is 11.4 Å². The number of fused-ring (bicyclic) bond motifs is 1. The first kappa shape index (κ1) is 18.9. The van der Waals surface area contributed by atoms with Crippen molar-refractivity contribution in [3.8, 4) is 0 Å². The number of benzene rings is 2. The molecule has 0 N–H and O–H groups in total. The molecule has 2 nitrogen and oxygen atoms in total. The maximum absolute atomic E-state index is 14.2. The SMILES string of the molecule is C[Si](C)(C)OC1(C(F)(F)F)CN(Cc2ccccc2)c2ccc(F)cc21. The number of alkyl halides is 3. The Morgan fingerprint density at radius 1 is 1.08 bits per heavy atom. The summed E-state index contributed by atoms with van der Waals surface area (Å²) in [6.45, 7) is 5.04. The maximum Gasteiger partial charge on any atom is 0.422 e. The van der Waals surface area contributed by atoms with E-state index in [9.17, 15) is 17.6 Å². The predicted octanol–water partition coefficient (Wildman–Crippen LogP) is 5.46. The number of hydrogen-bond acceptors (Lipinski definition) is 2. The van der Waals surface area contributed by atoms with Crippen LogP contribution in [0.25, 0.3) is 0 Å². The first-order valence-corrected chi connectivity index (χ1v) is 11.8. The van der Waals surface area contributed by atoms with E-state index >= 15 is 0 Å². The summed E-state index contributed by atoms with van der Waals surface area (Å²) in [6.07, 6.45) is -4.65. The summed E-state index contributed by atoms with van der Waals surface area (Å²) in [5.41, 5.74) is -1.40. The summed E-state index contributed by atoms with van der Waals surface area (Å²) in [7, 11) is -2.58. The van der Waals surface area contributed by atoms with Crippen molar-refractivity contribution in [2.45, 2.75) is 38.0 Å². The lowest BCUT2D eigenvalue weighted by molar-refractivity contribution is -0.251. The quantitative estimate of drug-likeness (QED) is 0.514. The zero-order chi connectivity index (χ0) is 19.2. The fourth-order valence-electron chi connectivity index (χ4n) is 3.40. The van der Waals surface area contributed by atoms with Crippen LogP contribution in [0, 0.1) is 5.82 Å². The van der Waals surface area contributed by atoms with Crippen molar-refractivity contribution in [3.63, 3.8) is 0 Å². The first-order chi connectivity index (χ1) is 12.0. The van der Waals surface area contributed by atoms with Crippen LogP contribution >= 0.6 is 0 Å². The Hall–Kier alpha value is -1.86. The average Bonchev–Trinajstić information content (AvgIpc) is 2.80. The molecule has 2 aromatic carbocycles. The Labute approximate surface area is 151 Å². The summed E-state index contributed by atoms with van der Waals surface area (Å²) >= 11 is 0. The van der Waals surface area contributed by atoms with E-state index in [-0.39, 0.29) is 12.1 Å². The Bertz CT molecular complexity index is 788. The molecule has 1 aliphatic heterocycles. The monoisotopic (exact) mass is 383 g/mol. The molecule has 1 atom stereocenters. The van der Waals surface area contributed by atoms with Gasteiger partial charge in [0.25, 0.3) is 0 Å². The van der Waals surface area contributed by atoms with Crippen LogP contribution in [0.3, 0.4) is 0 Å². The summed E-state index contributed by atoms with van der Waals surface area (Å²) < 4.78 is 62.2. The second-order valence-electron chi connectivity index (χ2n) is 7.54. The van der Waals surface area contributed by atoms with Gasteiger partial charge in [-0.1, -0.05) is 30.3 Å². The molecular formula is C19H21F4NOSi. The topological polar surface area (TPSA) is 12.5 Å². The summed E-state index contributed by atoms with van der Waals surface area (Å²) in [5.74, 6) is -0.696. The molecule has 0 spiro atoms. The van der Waals surface area contributed by atoms with Gasteiger partial charge in [-0.25, -0.2) is 4.39 Å². The molecule has 0 radical (unpaired) electrons. The molecule has 0 fully saturated rings. The molecule has 3 rings (SSSR count). The average molecular weight is 383 g/mol. The molecule has 0 amide bonds. The standard InChI is InChI=1S/C19H21F4NOSi/c1-26(2,3)25-18(19(21,22)23)13-24(12-14-7-5-4-6-8-14)17-10-9-15(20)11-16(17)18/h4-11H,12-13H2,1-3H3. The summed E-state index contributed by atoms with van der Waals surface area (Å²) in [4.78, 5) is 1.62. The van der Waals surface area contributed by atoms with E-state index in [0.717, 1.165) is 11.6 Å². The van der Waals surface area contributed by atoms with E-state index in [1.54, 1.807) is 24.5 Å². The zero-order valence-corrected chi connectivity index (χ0v) is 15.9. The van der Waals surface area contributed by atoms with Crippen molar-refractivity contribution in [3.05, 3.63) is 65.5 Å². The zero-order valence-electron chi connectivity index (χ0n) is 14.9. The molecule has 1 heterocycles. The van der Waals surface area contributed by atoms with Gasteiger partial charge in [-0.05, 0) is 43.4 Å². The number of anilines is 1. The second-order valence-corrected chi connectivity index (χ2v) is 12.0. The van der Waals surface area contributed by atoms with Crippen LogP contribution in [0.15, 0.2) is 48.5 Å². The molecule has 1 aliphatic rings. The molecule has 140 valence electrons. The number of rotatable bonds is 4. The molecular weight excluding hydrogens is 362 g/mol. The van der Waals surface area contributed by atoms with Crippen LogP contribution < -0.4 is 4.90 Å². The van der Waals surface area contributed by atoms with Crippen molar-refractivity contribution in [1.29, 1.82) is 0 Å². The lowest BCUT2D eigenvalue weighted by Crippen LogP contribution is -2.53. The fraction of sp³-hybridized carbons (Fsp3) is 0.368. The molecule has 0 saturated carbocycles. The molecule has 1 unspecified atom stereocenters.